The first-order valence-corrected chi connectivity index (χ1v) is 5.22. The van der Waals surface area contributed by atoms with E-state index in [-0.39, 0.29) is 24.4 Å². The molecule has 0 heterocycles. The zero-order chi connectivity index (χ0) is 11.3. The van der Waals surface area contributed by atoms with Gasteiger partial charge in [-0.15, -0.1) is 0 Å². The van der Waals surface area contributed by atoms with Crippen molar-refractivity contribution in [1.29, 1.82) is 0 Å². The van der Waals surface area contributed by atoms with E-state index in [2.05, 4.69) is 5.32 Å². The van der Waals surface area contributed by atoms with Crippen molar-refractivity contribution >= 4 is 0 Å². The van der Waals surface area contributed by atoms with E-state index in [0.717, 1.165) is 0 Å². The Balaban J connectivity index is 2.47. The van der Waals surface area contributed by atoms with E-state index < -0.39 is 0 Å². The van der Waals surface area contributed by atoms with Gasteiger partial charge in [-0.25, -0.2) is 4.39 Å². The number of hydrogen-bond acceptors (Lipinski definition) is 2. The number of nitrogens with one attached hydrogen (secondary N) is 1. The number of benzene rings is 1. The normalized spacial score (nSPS) is 14.9. The molecule has 0 fully saturated rings. The topological polar surface area (TPSA) is 32.3 Å². The molecule has 2 nitrogen and oxygen atoms in total. The molecule has 0 amide bonds. The summed E-state index contributed by atoms with van der Waals surface area (Å²) in [5.74, 6) is -0.00868. The van der Waals surface area contributed by atoms with Gasteiger partial charge < -0.3 is 10.4 Å². The van der Waals surface area contributed by atoms with E-state index in [4.69, 9.17) is 5.11 Å². The number of hydrogen-bond donors (Lipinski definition) is 2. The van der Waals surface area contributed by atoms with Gasteiger partial charge in [0.25, 0.3) is 0 Å². The third-order valence-corrected chi connectivity index (χ3v) is 2.71. The van der Waals surface area contributed by atoms with Crippen LogP contribution in [0.1, 0.15) is 19.4 Å². The molecule has 1 rings (SSSR count). The summed E-state index contributed by atoms with van der Waals surface area (Å²) in [6, 6.07) is 6.89. The molecule has 2 N–H and O–H groups in total. The molecule has 0 saturated carbocycles. The first-order valence-electron chi connectivity index (χ1n) is 5.22. The molecule has 3 heteroatoms. The molecule has 0 aliphatic rings. The van der Waals surface area contributed by atoms with Crippen LogP contribution in [0.4, 0.5) is 4.39 Å². The molecule has 2 unspecified atom stereocenters. The van der Waals surface area contributed by atoms with Crippen molar-refractivity contribution < 1.29 is 9.50 Å². The lowest BCUT2D eigenvalue weighted by Gasteiger charge is -2.19. The second kappa shape index (κ2) is 5.83. The van der Waals surface area contributed by atoms with Crippen LogP contribution in [0.2, 0.25) is 0 Å². The van der Waals surface area contributed by atoms with Crippen molar-refractivity contribution in [3.05, 3.63) is 35.6 Å². The summed E-state index contributed by atoms with van der Waals surface area (Å²) in [5, 5.41) is 12.1. The quantitative estimate of drug-likeness (QED) is 0.780. The second-order valence-corrected chi connectivity index (χ2v) is 3.92. The van der Waals surface area contributed by atoms with Crippen LogP contribution in [0.25, 0.3) is 0 Å². The minimum Gasteiger partial charge on any atom is -0.396 e. The minimum atomic E-state index is -0.186. The standard InChI is InChI=1S/C12H18FNO/c1-9(8-15)10(2)14-7-11-5-3-4-6-12(11)13/h3-6,9-10,14-15H,7-8H2,1-2H3. The van der Waals surface area contributed by atoms with Crippen molar-refractivity contribution in [1.82, 2.24) is 5.32 Å². The van der Waals surface area contributed by atoms with Gasteiger partial charge in [-0.2, -0.15) is 0 Å². The molecule has 0 saturated heterocycles. The molecule has 1 aromatic rings. The van der Waals surface area contributed by atoms with Gasteiger partial charge >= 0.3 is 0 Å². The smallest absolute Gasteiger partial charge is 0.127 e. The summed E-state index contributed by atoms with van der Waals surface area (Å²) in [5.41, 5.74) is 0.662. The van der Waals surface area contributed by atoms with Gasteiger partial charge in [0, 0.05) is 24.8 Å². The van der Waals surface area contributed by atoms with Crippen LogP contribution in [-0.4, -0.2) is 17.8 Å². The van der Waals surface area contributed by atoms with Crippen LogP contribution >= 0.6 is 0 Å². The average Bonchev–Trinajstić information content (AvgIpc) is 2.26. The molecule has 0 spiro atoms. The maximum Gasteiger partial charge on any atom is 0.127 e. The Morgan fingerprint density at radius 2 is 2.00 bits per heavy atom. The predicted molar refractivity (Wildman–Crippen MR) is 59.0 cm³/mol. The summed E-state index contributed by atoms with van der Waals surface area (Å²) in [6.07, 6.45) is 0. The Labute approximate surface area is 90.1 Å². The Morgan fingerprint density at radius 1 is 1.33 bits per heavy atom. The van der Waals surface area contributed by atoms with E-state index in [0.29, 0.717) is 12.1 Å². The van der Waals surface area contributed by atoms with Crippen molar-refractivity contribution in [2.24, 2.45) is 5.92 Å². The van der Waals surface area contributed by atoms with Gasteiger partial charge in [-0.1, -0.05) is 25.1 Å². The van der Waals surface area contributed by atoms with Gasteiger partial charge in [0.2, 0.25) is 0 Å². The molecule has 84 valence electrons. The van der Waals surface area contributed by atoms with Crippen molar-refractivity contribution in [3.8, 4) is 0 Å². The van der Waals surface area contributed by atoms with Gasteiger partial charge in [-0.05, 0) is 18.9 Å². The number of aliphatic hydroxyl groups excluding tert-OH is 1. The maximum absolute atomic E-state index is 13.2. The second-order valence-electron chi connectivity index (χ2n) is 3.92. The van der Waals surface area contributed by atoms with Crippen LogP contribution < -0.4 is 5.32 Å². The van der Waals surface area contributed by atoms with Crippen LogP contribution in [0.15, 0.2) is 24.3 Å². The van der Waals surface area contributed by atoms with E-state index in [1.807, 2.05) is 19.9 Å². The lowest BCUT2D eigenvalue weighted by molar-refractivity contribution is 0.207. The van der Waals surface area contributed by atoms with Gasteiger partial charge in [0.1, 0.15) is 5.82 Å². The van der Waals surface area contributed by atoms with E-state index in [9.17, 15) is 4.39 Å². The number of rotatable bonds is 5. The molecule has 0 bridgehead atoms. The maximum atomic E-state index is 13.2. The first kappa shape index (κ1) is 12.1. The third kappa shape index (κ3) is 3.61. The molecular weight excluding hydrogens is 193 g/mol. The van der Waals surface area contributed by atoms with Gasteiger partial charge in [0.05, 0.1) is 0 Å². The van der Waals surface area contributed by atoms with Gasteiger partial charge in [-0.3, -0.25) is 0 Å². The molecular formula is C12H18FNO. The fourth-order valence-corrected chi connectivity index (χ4v) is 1.27. The molecule has 2 atom stereocenters. The lowest BCUT2D eigenvalue weighted by atomic mass is 10.0. The van der Waals surface area contributed by atoms with Crippen LogP contribution in [-0.2, 0) is 6.54 Å². The molecule has 1 aromatic carbocycles. The Kier molecular flexibility index (Phi) is 4.72. The number of halogens is 1. The van der Waals surface area contributed by atoms with E-state index in [1.54, 1.807) is 12.1 Å². The molecule has 0 radical (unpaired) electrons. The highest BCUT2D eigenvalue weighted by Crippen LogP contribution is 2.07. The Hall–Kier alpha value is -0.930. The Morgan fingerprint density at radius 3 is 2.60 bits per heavy atom. The van der Waals surface area contributed by atoms with Crippen LogP contribution in [0.3, 0.4) is 0 Å². The minimum absolute atomic E-state index is 0.144. The summed E-state index contributed by atoms with van der Waals surface area (Å²) < 4.78 is 13.2. The summed E-state index contributed by atoms with van der Waals surface area (Å²) in [6.45, 7) is 4.59. The highest BCUT2D eigenvalue weighted by Gasteiger charge is 2.10. The first-order chi connectivity index (χ1) is 7.15. The average molecular weight is 211 g/mol. The lowest BCUT2D eigenvalue weighted by Crippen LogP contribution is -2.33. The molecule has 15 heavy (non-hydrogen) atoms. The zero-order valence-corrected chi connectivity index (χ0v) is 9.20. The summed E-state index contributed by atoms with van der Waals surface area (Å²) >= 11 is 0. The monoisotopic (exact) mass is 211 g/mol. The van der Waals surface area contributed by atoms with Crippen LogP contribution in [0.5, 0.6) is 0 Å². The fourth-order valence-electron chi connectivity index (χ4n) is 1.27. The summed E-state index contributed by atoms with van der Waals surface area (Å²) in [4.78, 5) is 0. The summed E-state index contributed by atoms with van der Waals surface area (Å²) in [7, 11) is 0. The van der Waals surface area contributed by atoms with Crippen molar-refractivity contribution in [2.75, 3.05) is 6.61 Å². The zero-order valence-electron chi connectivity index (χ0n) is 9.20. The predicted octanol–water partition coefficient (Wildman–Crippen LogP) is 1.93. The van der Waals surface area contributed by atoms with Crippen molar-refractivity contribution in [3.63, 3.8) is 0 Å². The third-order valence-electron chi connectivity index (χ3n) is 2.71. The fraction of sp³-hybridized carbons (Fsp3) is 0.500. The van der Waals surface area contributed by atoms with E-state index >= 15 is 0 Å². The molecule has 0 aromatic heterocycles. The highest BCUT2D eigenvalue weighted by atomic mass is 19.1. The largest absolute Gasteiger partial charge is 0.396 e. The van der Waals surface area contributed by atoms with E-state index in [1.165, 1.54) is 6.07 Å². The highest BCUT2D eigenvalue weighted by molar-refractivity contribution is 5.16. The van der Waals surface area contributed by atoms with Gasteiger partial charge in [0.15, 0.2) is 0 Å². The SMILES string of the molecule is CC(CO)C(C)NCc1ccccc1F. The number of aliphatic hydroxyl groups is 1. The molecule has 0 aliphatic carbocycles. The van der Waals surface area contributed by atoms with Crippen molar-refractivity contribution in [2.45, 2.75) is 26.4 Å². The Bertz CT molecular complexity index is 303. The molecule has 0 aliphatic heterocycles. The van der Waals surface area contributed by atoms with Crippen LogP contribution in [0, 0.1) is 11.7 Å².